The van der Waals surface area contributed by atoms with E-state index in [0.717, 1.165) is 19.4 Å². The van der Waals surface area contributed by atoms with E-state index < -0.39 is 12.0 Å². The van der Waals surface area contributed by atoms with Gasteiger partial charge in [0.05, 0.1) is 6.26 Å². The maximum absolute atomic E-state index is 11.8. The molecule has 0 spiro atoms. The summed E-state index contributed by atoms with van der Waals surface area (Å²) in [5.74, 6) is -0.520. The van der Waals surface area contributed by atoms with Gasteiger partial charge in [-0.2, -0.15) is 0 Å². The lowest BCUT2D eigenvalue weighted by Gasteiger charge is -2.32. The summed E-state index contributed by atoms with van der Waals surface area (Å²) in [4.78, 5) is 24.7. The number of Topliss-reactive ketones (excluding diaryl/α,β-unsaturated/α-hetero) is 1. The zero-order chi connectivity index (χ0) is 13.0. The van der Waals surface area contributed by atoms with Crippen LogP contribution >= 0.6 is 0 Å². The summed E-state index contributed by atoms with van der Waals surface area (Å²) in [6.07, 6.45) is 4.38. The Hall–Kier alpha value is -1.62. The number of hydrogen-bond acceptors (Lipinski definition) is 4. The van der Waals surface area contributed by atoms with E-state index in [1.165, 1.54) is 6.26 Å². The summed E-state index contributed by atoms with van der Waals surface area (Å²) in [5.41, 5.74) is 0. The van der Waals surface area contributed by atoms with Crippen molar-refractivity contribution >= 4 is 11.8 Å². The Morgan fingerprint density at radius 3 is 2.94 bits per heavy atom. The van der Waals surface area contributed by atoms with E-state index in [0.29, 0.717) is 25.1 Å². The first-order valence-corrected chi connectivity index (χ1v) is 6.22. The van der Waals surface area contributed by atoms with Crippen LogP contribution < -0.4 is 0 Å². The van der Waals surface area contributed by atoms with Gasteiger partial charge in [0.1, 0.15) is 6.04 Å². The number of aliphatic carboxylic acids is 1. The average molecular weight is 251 g/mol. The number of rotatable bonds is 5. The number of ketones is 1. The molecule has 0 bridgehead atoms. The summed E-state index contributed by atoms with van der Waals surface area (Å²) in [7, 11) is 0. The minimum absolute atomic E-state index is 0.0743. The highest BCUT2D eigenvalue weighted by molar-refractivity contribution is 5.93. The quantitative estimate of drug-likeness (QED) is 0.808. The molecule has 1 aromatic heterocycles. The first-order valence-electron chi connectivity index (χ1n) is 6.22. The number of hydrogen-bond donors (Lipinski definition) is 1. The summed E-state index contributed by atoms with van der Waals surface area (Å²) in [6, 6.07) is 2.87. The van der Waals surface area contributed by atoms with Crippen molar-refractivity contribution in [2.45, 2.75) is 31.7 Å². The molecule has 2 heterocycles. The predicted octanol–water partition coefficient (Wildman–Crippen LogP) is 1.79. The van der Waals surface area contributed by atoms with Crippen molar-refractivity contribution in [2.75, 3.05) is 13.1 Å². The van der Waals surface area contributed by atoms with Crippen LogP contribution in [0.15, 0.2) is 22.8 Å². The van der Waals surface area contributed by atoms with Crippen LogP contribution in [0.5, 0.6) is 0 Å². The third-order valence-electron chi connectivity index (χ3n) is 3.32. The van der Waals surface area contributed by atoms with Crippen LogP contribution in [0.4, 0.5) is 0 Å². The van der Waals surface area contributed by atoms with Crippen LogP contribution in [0.1, 0.15) is 36.2 Å². The predicted molar refractivity (Wildman–Crippen MR) is 64.5 cm³/mol. The molecular weight excluding hydrogens is 234 g/mol. The van der Waals surface area contributed by atoms with Gasteiger partial charge in [0.25, 0.3) is 0 Å². The van der Waals surface area contributed by atoms with Crippen molar-refractivity contribution in [1.29, 1.82) is 0 Å². The molecule has 0 radical (unpaired) electrons. The summed E-state index contributed by atoms with van der Waals surface area (Å²) in [5, 5.41) is 9.11. The first kappa shape index (κ1) is 12.8. The fourth-order valence-corrected chi connectivity index (χ4v) is 2.34. The summed E-state index contributed by atoms with van der Waals surface area (Å²) < 4.78 is 5.03. The monoisotopic (exact) mass is 251 g/mol. The number of carboxylic acids is 1. The fourth-order valence-electron chi connectivity index (χ4n) is 2.34. The average Bonchev–Trinajstić information content (AvgIpc) is 2.90. The second kappa shape index (κ2) is 5.82. The van der Waals surface area contributed by atoms with Crippen LogP contribution in [0.2, 0.25) is 0 Å². The second-order valence-corrected chi connectivity index (χ2v) is 4.54. The number of piperidine rings is 1. The van der Waals surface area contributed by atoms with Gasteiger partial charge >= 0.3 is 5.97 Å². The van der Waals surface area contributed by atoms with E-state index in [1.54, 1.807) is 12.1 Å². The molecule has 0 aromatic carbocycles. The molecule has 18 heavy (non-hydrogen) atoms. The maximum atomic E-state index is 11.8. The molecule has 5 nitrogen and oxygen atoms in total. The highest BCUT2D eigenvalue weighted by Gasteiger charge is 2.28. The van der Waals surface area contributed by atoms with Crippen LogP contribution in [-0.2, 0) is 4.79 Å². The van der Waals surface area contributed by atoms with Gasteiger partial charge in [0, 0.05) is 13.0 Å². The first-order chi connectivity index (χ1) is 8.68. The standard InChI is InChI=1S/C13H17NO4/c15-11(12-5-3-9-18-12)6-8-14-7-2-1-4-10(14)13(16)17/h3,5,9-10H,1-2,4,6-8H2,(H,16,17). The Kier molecular flexibility index (Phi) is 4.15. The van der Waals surface area contributed by atoms with Crippen LogP contribution in [0.3, 0.4) is 0 Å². The van der Waals surface area contributed by atoms with Crippen molar-refractivity contribution in [1.82, 2.24) is 4.90 Å². The molecule has 1 fully saturated rings. The lowest BCUT2D eigenvalue weighted by molar-refractivity contribution is -0.144. The molecule has 0 saturated carbocycles. The third kappa shape index (κ3) is 2.98. The molecule has 1 N–H and O–H groups in total. The molecule has 1 unspecified atom stereocenters. The van der Waals surface area contributed by atoms with Crippen molar-refractivity contribution in [3.63, 3.8) is 0 Å². The molecule has 1 aromatic rings. The number of likely N-dealkylation sites (tertiary alicyclic amines) is 1. The van der Waals surface area contributed by atoms with E-state index in [9.17, 15) is 9.59 Å². The van der Waals surface area contributed by atoms with Crippen molar-refractivity contribution in [3.8, 4) is 0 Å². The number of carbonyl (C=O) groups excluding carboxylic acids is 1. The van der Waals surface area contributed by atoms with Crippen LogP contribution in [-0.4, -0.2) is 40.9 Å². The molecule has 98 valence electrons. The molecular formula is C13H17NO4. The SMILES string of the molecule is O=C(CCN1CCCCC1C(=O)O)c1ccco1. The van der Waals surface area contributed by atoms with Gasteiger partial charge < -0.3 is 9.52 Å². The van der Waals surface area contributed by atoms with Gasteiger partial charge in [0.15, 0.2) is 11.5 Å². The Balaban J connectivity index is 1.88. The van der Waals surface area contributed by atoms with Crippen molar-refractivity contribution in [3.05, 3.63) is 24.2 Å². The van der Waals surface area contributed by atoms with Crippen LogP contribution in [0, 0.1) is 0 Å². The Bertz CT molecular complexity index is 413. The molecule has 1 aliphatic rings. The van der Waals surface area contributed by atoms with Crippen molar-refractivity contribution in [2.24, 2.45) is 0 Å². The van der Waals surface area contributed by atoms with Gasteiger partial charge in [0.2, 0.25) is 0 Å². The number of nitrogens with zero attached hydrogens (tertiary/aromatic N) is 1. The topological polar surface area (TPSA) is 70.8 Å². The molecule has 1 atom stereocenters. The van der Waals surface area contributed by atoms with Gasteiger partial charge in [-0.15, -0.1) is 0 Å². The van der Waals surface area contributed by atoms with E-state index in [1.807, 2.05) is 4.90 Å². The largest absolute Gasteiger partial charge is 0.480 e. The molecule has 0 aliphatic carbocycles. The number of furan rings is 1. The lowest BCUT2D eigenvalue weighted by Crippen LogP contribution is -2.45. The van der Waals surface area contributed by atoms with Gasteiger partial charge in [-0.05, 0) is 31.5 Å². The molecule has 0 amide bonds. The summed E-state index contributed by atoms with van der Waals surface area (Å²) in [6.45, 7) is 1.24. The molecule has 2 rings (SSSR count). The minimum Gasteiger partial charge on any atom is -0.480 e. The second-order valence-electron chi connectivity index (χ2n) is 4.54. The van der Waals surface area contributed by atoms with E-state index in [2.05, 4.69) is 0 Å². The zero-order valence-corrected chi connectivity index (χ0v) is 10.2. The van der Waals surface area contributed by atoms with E-state index in [-0.39, 0.29) is 5.78 Å². The Morgan fingerprint density at radius 1 is 1.44 bits per heavy atom. The highest BCUT2D eigenvalue weighted by atomic mass is 16.4. The lowest BCUT2D eigenvalue weighted by atomic mass is 10.0. The summed E-state index contributed by atoms with van der Waals surface area (Å²) >= 11 is 0. The van der Waals surface area contributed by atoms with Gasteiger partial charge in [-0.3, -0.25) is 14.5 Å². The number of carboxylic acid groups (broad SMARTS) is 1. The molecule has 1 saturated heterocycles. The minimum atomic E-state index is -0.792. The zero-order valence-electron chi connectivity index (χ0n) is 10.2. The number of carbonyl (C=O) groups is 2. The van der Waals surface area contributed by atoms with E-state index >= 15 is 0 Å². The molecule has 1 aliphatic heterocycles. The van der Waals surface area contributed by atoms with Gasteiger partial charge in [-0.25, -0.2) is 0 Å². The highest BCUT2D eigenvalue weighted by Crippen LogP contribution is 2.18. The third-order valence-corrected chi connectivity index (χ3v) is 3.32. The Morgan fingerprint density at radius 2 is 2.28 bits per heavy atom. The smallest absolute Gasteiger partial charge is 0.320 e. The fraction of sp³-hybridized carbons (Fsp3) is 0.538. The maximum Gasteiger partial charge on any atom is 0.320 e. The normalized spacial score (nSPS) is 20.8. The molecule has 5 heteroatoms. The van der Waals surface area contributed by atoms with Gasteiger partial charge in [-0.1, -0.05) is 6.42 Å². The van der Waals surface area contributed by atoms with E-state index in [4.69, 9.17) is 9.52 Å². The van der Waals surface area contributed by atoms with Crippen LogP contribution in [0.25, 0.3) is 0 Å². The van der Waals surface area contributed by atoms with Crippen molar-refractivity contribution < 1.29 is 19.1 Å². The Labute approximate surface area is 105 Å².